The van der Waals surface area contributed by atoms with E-state index in [0.717, 1.165) is 5.56 Å². The molecule has 44 heavy (non-hydrogen) atoms. The Bertz CT molecular complexity index is 1370. The average molecular weight is 619 g/mol. The van der Waals surface area contributed by atoms with Crippen molar-refractivity contribution in [2.24, 2.45) is 0 Å². The maximum atomic E-state index is 11.4. The van der Waals surface area contributed by atoms with Crippen LogP contribution in [0.2, 0.25) is 0 Å². The summed E-state index contributed by atoms with van der Waals surface area (Å²) < 4.78 is 43.9. The fourth-order valence-corrected chi connectivity index (χ4v) is 3.51. The van der Waals surface area contributed by atoms with Crippen LogP contribution >= 0.6 is 0 Å². The number of ether oxygens (including phenoxy) is 9. The zero-order valence-electron chi connectivity index (χ0n) is 26.4. The second-order valence-electron chi connectivity index (χ2n) is 8.30. The number of aromatic hydroxyl groups is 1. The summed E-state index contributed by atoms with van der Waals surface area (Å²) in [5.41, 5.74) is 2.10. The van der Waals surface area contributed by atoms with Crippen molar-refractivity contribution in [1.29, 1.82) is 0 Å². The van der Waals surface area contributed by atoms with Gasteiger partial charge in [-0.25, -0.2) is 14.4 Å². The van der Waals surface area contributed by atoms with E-state index in [2.05, 4.69) is 14.2 Å². The van der Waals surface area contributed by atoms with Gasteiger partial charge in [-0.2, -0.15) is 0 Å². The molecule has 3 aromatic rings. The number of benzene rings is 3. The fourth-order valence-electron chi connectivity index (χ4n) is 3.51. The van der Waals surface area contributed by atoms with Gasteiger partial charge in [0.25, 0.3) is 0 Å². The van der Waals surface area contributed by atoms with Gasteiger partial charge >= 0.3 is 17.9 Å². The van der Waals surface area contributed by atoms with E-state index in [-0.39, 0.29) is 28.8 Å². The van der Waals surface area contributed by atoms with Gasteiger partial charge in [-0.15, -0.1) is 0 Å². The molecule has 0 aliphatic carbocycles. The SMILES string of the molecule is COC(=O)c1cc(OC)c(O)c(OC)c1.COC(=O)c1cc(OC)c(OC)c(OC)c1.COC(=O)c1ccc(C)c(OC)c1. The molecule has 0 fully saturated rings. The van der Waals surface area contributed by atoms with E-state index in [1.165, 1.54) is 81.1 Å². The third-order valence-electron chi connectivity index (χ3n) is 5.82. The lowest BCUT2D eigenvalue weighted by atomic mass is 10.1. The normalized spacial score (nSPS) is 9.50. The minimum absolute atomic E-state index is 0.146. The molecule has 0 bridgehead atoms. The van der Waals surface area contributed by atoms with Crippen LogP contribution in [0, 0.1) is 6.92 Å². The van der Waals surface area contributed by atoms with Crippen molar-refractivity contribution in [3.05, 3.63) is 64.7 Å². The monoisotopic (exact) mass is 618 g/mol. The van der Waals surface area contributed by atoms with Crippen LogP contribution < -0.4 is 28.4 Å². The van der Waals surface area contributed by atoms with Gasteiger partial charge in [0.1, 0.15) is 5.75 Å². The number of carbonyl (C=O) groups excluding carboxylic acids is 3. The minimum atomic E-state index is -0.522. The summed E-state index contributed by atoms with van der Waals surface area (Å²) in [6.07, 6.45) is 0. The summed E-state index contributed by atoms with van der Waals surface area (Å²) in [6.45, 7) is 1.92. The Hall–Kier alpha value is -5.33. The van der Waals surface area contributed by atoms with Gasteiger partial charge in [-0.1, -0.05) is 6.07 Å². The number of rotatable bonds is 9. The maximum absolute atomic E-state index is 11.4. The Morgan fingerprint density at radius 1 is 0.477 bits per heavy atom. The van der Waals surface area contributed by atoms with Crippen LogP contribution in [0.1, 0.15) is 36.6 Å². The van der Waals surface area contributed by atoms with Crippen molar-refractivity contribution < 1.29 is 62.1 Å². The Morgan fingerprint density at radius 2 is 0.818 bits per heavy atom. The molecule has 13 heteroatoms. The standard InChI is InChI=1S/C11H14O5.C10H12O5.C10H12O3/c1-13-8-5-7(11(12)16-4)6-9(14-2)10(8)15-3;1-13-7-4-6(10(12)15-3)5-8(14-2)9(7)11;1-7-4-5-8(10(11)13-3)6-9(7)12-2/h5-6H,1-4H3;4-5,11H,1-3H3;4-6H,1-3H3. The lowest BCUT2D eigenvalue weighted by Gasteiger charge is -2.13. The molecular weight excluding hydrogens is 580 g/mol. The van der Waals surface area contributed by atoms with E-state index in [0.29, 0.717) is 34.1 Å². The molecule has 0 spiro atoms. The van der Waals surface area contributed by atoms with Crippen LogP contribution in [-0.4, -0.2) is 87.0 Å². The van der Waals surface area contributed by atoms with Crippen LogP contribution in [0.25, 0.3) is 0 Å². The lowest BCUT2D eigenvalue weighted by molar-refractivity contribution is 0.0591. The van der Waals surface area contributed by atoms with E-state index in [1.807, 2.05) is 13.0 Å². The molecule has 13 nitrogen and oxygen atoms in total. The fraction of sp³-hybridized carbons (Fsp3) is 0.323. The summed E-state index contributed by atoms with van der Waals surface area (Å²) in [4.78, 5) is 33.7. The second-order valence-corrected chi connectivity index (χ2v) is 8.30. The van der Waals surface area contributed by atoms with Gasteiger partial charge in [0.15, 0.2) is 23.0 Å². The molecule has 3 rings (SSSR count). The Morgan fingerprint density at radius 3 is 1.16 bits per heavy atom. The predicted octanol–water partition coefficient (Wildman–Crippen LogP) is 4.49. The molecule has 0 aliphatic rings. The smallest absolute Gasteiger partial charge is 0.338 e. The second kappa shape index (κ2) is 18.3. The number of carbonyl (C=O) groups is 3. The number of methoxy groups -OCH3 is 9. The van der Waals surface area contributed by atoms with Crippen LogP contribution in [0.4, 0.5) is 0 Å². The Kier molecular flexibility index (Phi) is 15.2. The highest BCUT2D eigenvalue weighted by Gasteiger charge is 2.17. The molecule has 0 aromatic heterocycles. The highest BCUT2D eigenvalue weighted by atomic mass is 16.5. The summed E-state index contributed by atoms with van der Waals surface area (Å²) >= 11 is 0. The van der Waals surface area contributed by atoms with Gasteiger partial charge in [0.05, 0.1) is 80.7 Å². The molecule has 0 radical (unpaired) electrons. The van der Waals surface area contributed by atoms with Crippen LogP contribution in [-0.2, 0) is 14.2 Å². The number of phenolic OH excluding ortho intramolecular Hbond substituents is 1. The molecule has 0 unspecified atom stereocenters. The first-order valence-electron chi connectivity index (χ1n) is 12.6. The third kappa shape index (κ3) is 9.61. The van der Waals surface area contributed by atoms with Crippen LogP contribution in [0.5, 0.6) is 40.2 Å². The van der Waals surface area contributed by atoms with E-state index in [4.69, 9.17) is 28.4 Å². The van der Waals surface area contributed by atoms with Crippen molar-refractivity contribution in [3.8, 4) is 40.2 Å². The highest BCUT2D eigenvalue weighted by Crippen LogP contribution is 2.38. The molecule has 1 N–H and O–H groups in total. The molecule has 0 aliphatic heterocycles. The number of phenols is 1. The number of aryl methyl sites for hydroxylation is 1. The van der Waals surface area contributed by atoms with Crippen molar-refractivity contribution in [2.75, 3.05) is 64.0 Å². The molecule has 0 amide bonds. The lowest BCUT2D eigenvalue weighted by Crippen LogP contribution is -2.03. The van der Waals surface area contributed by atoms with Gasteiger partial charge < -0.3 is 47.7 Å². The van der Waals surface area contributed by atoms with Gasteiger partial charge in [0.2, 0.25) is 11.5 Å². The van der Waals surface area contributed by atoms with E-state index in [1.54, 1.807) is 19.2 Å². The van der Waals surface area contributed by atoms with Gasteiger partial charge in [-0.3, -0.25) is 0 Å². The topological polar surface area (TPSA) is 155 Å². The van der Waals surface area contributed by atoms with Crippen molar-refractivity contribution in [3.63, 3.8) is 0 Å². The first-order chi connectivity index (χ1) is 21.0. The summed E-state index contributed by atoms with van der Waals surface area (Å²) in [5, 5.41) is 9.57. The summed E-state index contributed by atoms with van der Waals surface area (Å²) in [5.74, 6) is 0.825. The van der Waals surface area contributed by atoms with Gasteiger partial charge in [0, 0.05) is 0 Å². The minimum Gasteiger partial charge on any atom is -0.502 e. The number of hydrogen-bond donors (Lipinski definition) is 1. The quantitative estimate of drug-likeness (QED) is 0.265. The van der Waals surface area contributed by atoms with Crippen LogP contribution in [0.3, 0.4) is 0 Å². The molecule has 0 atom stereocenters. The predicted molar refractivity (Wildman–Crippen MR) is 159 cm³/mol. The first kappa shape index (κ1) is 36.7. The average Bonchev–Trinajstić information content (AvgIpc) is 3.07. The van der Waals surface area contributed by atoms with E-state index < -0.39 is 11.9 Å². The van der Waals surface area contributed by atoms with Crippen molar-refractivity contribution >= 4 is 17.9 Å². The molecule has 0 saturated carbocycles. The van der Waals surface area contributed by atoms with Crippen LogP contribution in [0.15, 0.2) is 42.5 Å². The summed E-state index contributed by atoms with van der Waals surface area (Å²) in [7, 11) is 12.7. The van der Waals surface area contributed by atoms with Gasteiger partial charge in [-0.05, 0) is 48.9 Å². The zero-order chi connectivity index (χ0) is 33.4. The molecule has 240 valence electrons. The van der Waals surface area contributed by atoms with Crippen molar-refractivity contribution in [2.45, 2.75) is 6.92 Å². The number of hydrogen-bond acceptors (Lipinski definition) is 13. The molecule has 0 heterocycles. The zero-order valence-corrected chi connectivity index (χ0v) is 26.4. The molecular formula is C31H38O13. The van der Waals surface area contributed by atoms with E-state index in [9.17, 15) is 19.5 Å². The highest BCUT2D eigenvalue weighted by molar-refractivity contribution is 5.92. The summed E-state index contributed by atoms with van der Waals surface area (Å²) in [6, 6.07) is 11.0. The Labute approximate surface area is 256 Å². The van der Waals surface area contributed by atoms with Crippen molar-refractivity contribution in [1.82, 2.24) is 0 Å². The third-order valence-corrected chi connectivity index (χ3v) is 5.82. The number of esters is 3. The maximum Gasteiger partial charge on any atom is 0.338 e. The molecule has 0 saturated heterocycles. The van der Waals surface area contributed by atoms with E-state index >= 15 is 0 Å². The Balaban J connectivity index is 0.000000332. The first-order valence-corrected chi connectivity index (χ1v) is 12.6. The largest absolute Gasteiger partial charge is 0.502 e. The molecule has 3 aromatic carbocycles.